The van der Waals surface area contributed by atoms with Crippen LogP contribution in [0.3, 0.4) is 0 Å². The maximum atomic E-state index is 13.7. The molecular formula is C57H104N2O14. The minimum Gasteiger partial charge on any atom is -0.462 e. The number of esters is 4. The van der Waals surface area contributed by atoms with Gasteiger partial charge in [0.15, 0.2) is 0 Å². The zero-order valence-corrected chi connectivity index (χ0v) is 48.4. The number of aliphatic hydroxyl groups is 3. The zero-order valence-electron chi connectivity index (χ0n) is 48.4. The number of nitrogens with zero attached hydrogens (tertiary/aromatic N) is 2. The number of carbonyl (C=O) groups excluding carboxylic acids is 4. The van der Waals surface area contributed by atoms with Crippen molar-refractivity contribution in [1.82, 2.24) is 9.80 Å². The average Bonchev–Trinajstić information content (AvgIpc) is 3.34. The zero-order chi connectivity index (χ0) is 55.5. The number of likely N-dealkylation sites (N-methyl/N-ethyl adjacent to an activating group) is 2. The first-order valence-electron chi connectivity index (χ1n) is 27.3. The Balaban J connectivity index is 3.55. The van der Waals surface area contributed by atoms with Crippen LogP contribution in [0.4, 0.5) is 0 Å². The highest BCUT2D eigenvalue weighted by Crippen LogP contribution is 2.32. The van der Waals surface area contributed by atoms with Crippen molar-refractivity contribution in [2.75, 3.05) is 62.7 Å². The van der Waals surface area contributed by atoms with Crippen LogP contribution in [0.25, 0.3) is 0 Å². The Bertz CT molecular complexity index is 1630. The third kappa shape index (κ3) is 24.7. The van der Waals surface area contributed by atoms with Gasteiger partial charge < -0.3 is 48.5 Å². The number of aliphatic hydroxyl groups excluding tert-OH is 3. The number of hydrogen-bond donors (Lipinski definition) is 3. The molecule has 0 amide bonds. The lowest BCUT2D eigenvalue weighted by Gasteiger charge is -2.36. The summed E-state index contributed by atoms with van der Waals surface area (Å²) < 4.78 is 41.6. The van der Waals surface area contributed by atoms with Gasteiger partial charge in [0.2, 0.25) is 0 Å². The Kier molecular flexibility index (Phi) is 33.7. The molecule has 0 saturated heterocycles. The van der Waals surface area contributed by atoms with Crippen LogP contribution in [0, 0.1) is 41.4 Å². The Labute approximate surface area is 441 Å². The fraction of sp³-hybridized carbons (Fsp3) is 0.860. The minimum atomic E-state index is -0.914. The van der Waals surface area contributed by atoms with E-state index in [2.05, 4.69) is 19.9 Å². The fourth-order valence-corrected chi connectivity index (χ4v) is 9.85. The van der Waals surface area contributed by atoms with Crippen LogP contribution >= 0.6 is 0 Å². The number of hydrogen-bond acceptors (Lipinski definition) is 16. The third-order valence-electron chi connectivity index (χ3n) is 15.6. The molecule has 0 bridgehead atoms. The molecule has 3 N–H and O–H groups in total. The second-order valence-electron chi connectivity index (χ2n) is 22.1. The van der Waals surface area contributed by atoms with Crippen molar-refractivity contribution in [2.24, 2.45) is 41.4 Å². The van der Waals surface area contributed by atoms with E-state index in [1.807, 2.05) is 53.7 Å². The summed E-state index contributed by atoms with van der Waals surface area (Å²) in [5, 5.41) is 33.5. The summed E-state index contributed by atoms with van der Waals surface area (Å²) in [6, 6.07) is -1.15. The van der Waals surface area contributed by atoms with Crippen molar-refractivity contribution in [3.8, 4) is 0 Å². The molecule has 0 saturated carbocycles. The van der Waals surface area contributed by atoms with Crippen molar-refractivity contribution >= 4 is 23.9 Å². The summed E-state index contributed by atoms with van der Waals surface area (Å²) >= 11 is 0. The molecule has 16 heteroatoms. The predicted molar refractivity (Wildman–Crippen MR) is 285 cm³/mol. The van der Waals surface area contributed by atoms with Gasteiger partial charge in [-0.2, -0.15) is 0 Å². The monoisotopic (exact) mass is 1040 g/mol. The molecule has 0 spiro atoms. The second-order valence-corrected chi connectivity index (χ2v) is 22.1. The van der Waals surface area contributed by atoms with Gasteiger partial charge in [-0.15, -0.1) is 0 Å². The van der Waals surface area contributed by atoms with Crippen LogP contribution in [0.15, 0.2) is 23.8 Å². The SMILES string of the molecule is COCC(C(=O)O[C@@H]1CCCCCC(=O)O[C@H]([C@@H](C)[C@@H](O)[C@@H](C)CC[C@@H](OC(=O)C(C)N(C)C)[C@H](C)[C@H](OC(C)=O)[C@H](C)CCO)C/C=C/[C@H](OC)C[C@H](C)C/C=C(\C)[C@@H](OC)CC[C@@H](C)[C@@H](O)[C@@H]1C)N(C)C. The number of cyclic esters (lactones) is 1. The van der Waals surface area contributed by atoms with E-state index in [1.54, 1.807) is 66.2 Å². The molecule has 0 fully saturated rings. The van der Waals surface area contributed by atoms with Crippen molar-refractivity contribution in [3.63, 3.8) is 0 Å². The highest BCUT2D eigenvalue weighted by Gasteiger charge is 2.38. The number of rotatable bonds is 22. The quantitative estimate of drug-likeness (QED) is 0.0535. The fourth-order valence-electron chi connectivity index (χ4n) is 9.85. The first-order valence-corrected chi connectivity index (χ1v) is 27.3. The molecule has 0 aliphatic carbocycles. The molecule has 1 heterocycles. The number of methoxy groups -OCH3 is 3. The Morgan fingerprint density at radius 1 is 0.836 bits per heavy atom. The summed E-state index contributed by atoms with van der Waals surface area (Å²) in [4.78, 5) is 56.5. The Morgan fingerprint density at radius 2 is 1.51 bits per heavy atom. The van der Waals surface area contributed by atoms with Crippen LogP contribution in [0.1, 0.15) is 153 Å². The number of ether oxygens (including phenoxy) is 7. The van der Waals surface area contributed by atoms with Crippen LogP contribution in [0.5, 0.6) is 0 Å². The molecule has 73 heavy (non-hydrogen) atoms. The van der Waals surface area contributed by atoms with Gasteiger partial charge in [-0.3, -0.25) is 29.0 Å². The molecule has 0 aromatic carbocycles. The van der Waals surface area contributed by atoms with Gasteiger partial charge in [0.1, 0.15) is 36.5 Å². The molecule has 16 nitrogen and oxygen atoms in total. The summed E-state index contributed by atoms with van der Waals surface area (Å²) in [5.74, 6) is -3.35. The van der Waals surface area contributed by atoms with Gasteiger partial charge >= 0.3 is 23.9 Å². The smallest absolute Gasteiger partial charge is 0.326 e. The van der Waals surface area contributed by atoms with Crippen LogP contribution in [-0.4, -0.2) is 173 Å². The molecule has 2 unspecified atom stereocenters. The molecule has 1 aliphatic rings. The molecular weight excluding hydrogens is 937 g/mol. The van der Waals surface area contributed by atoms with Gasteiger partial charge in [-0.05, 0) is 135 Å². The van der Waals surface area contributed by atoms with E-state index in [-0.39, 0.29) is 67.4 Å². The predicted octanol–water partition coefficient (Wildman–Crippen LogP) is 7.96. The minimum absolute atomic E-state index is 0.0918. The van der Waals surface area contributed by atoms with Crippen molar-refractivity contribution in [3.05, 3.63) is 23.8 Å². The number of carbonyl (C=O) groups is 4. The summed E-state index contributed by atoms with van der Waals surface area (Å²) in [5.41, 5.74) is 1.12. The molecule has 17 atom stereocenters. The Hall–Kier alpha value is -2.96. The summed E-state index contributed by atoms with van der Waals surface area (Å²) in [7, 11) is 12.1. The van der Waals surface area contributed by atoms with Gasteiger partial charge in [0.05, 0.1) is 31.0 Å². The Morgan fingerprint density at radius 3 is 2.08 bits per heavy atom. The average molecular weight is 1040 g/mol. The van der Waals surface area contributed by atoms with E-state index >= 15 is 0 Å². The first-order chi connectivity index (χ1) is 34.3. The topological polar surface area (TPSA) is 200 Å². The lowest BCUT2D eigenvalue weighted by atomic mass is 9.82. The summed E-state index contributed by atoms with van der Waals surface area (Å²) in [6.45, 7) is 19.0. The highest BCUT2D eigenvalue weighted by molar-refractivity contribution is 5.76. The van der Waals surface area contributed by atoms with E-state index in [9.17, 15) is 34.5 Å². The summed E-state index contributed by atoms with van der Waals surface area (Å²) in [6.07, 6.45) is 8.67. The van der Waals surface area contributed by atoms with E-state index in [1.165, 1.54) is 6.92 Å². The van der Waals surface area contributed by atoms with E-state index in [0.29, 0.717) is 57.8 Å². The molecule has 426 valence electrons. The van der Waals surface area contributed by atoms with Crippen molar-refractivity contribution in [2.45, 2.75) is 214 Å². The van der Waals surface area contributed by atoms with Crippen LogP contribution < -0.4 is 0 Å². The van der Waals surface area contributed by atoms with E-state index < -0.39 is 78.5 Å². The van der Waals surface area contributed by atoms with Gasteiger partial charge in [0, 0.05) is 65.5 Å². The lowest BCUT2D eigenvalue weighted by molar-refractivity contribution is -0.167. The lowest BCUT2D eigenvalue weighted by Crippen LogP contribution is -2.44. The van der Waals surface area contributed by atoms with Gasteiger partial charge in [0.25, 0.3) is 0 Å². The molecule has 0 aromatic heterocycles. The molecule has 0 aromatic rings. The maximum Gasteiger partial charge on any atom is 0.326 e. The van der Waals surface area contributed by atoms with Crippen LogP contribution in [-0.2, 0) is 52.3 Å². The first kappa shape index (κ1) is 68.1. The van der Waals surface area contributed by atoms with Crippen LogP contribution in [0.2, 0.25) is 0 Å². The standard InChI is InChI=1S/C57H104N2O14/c1-36-26-27-37(2)48(69-17)30-28-38(3)54(64)42(7)50(73-57(66)47(35-67-15)59(13)14)23-19-18-20-25-52(62)71-49(24-21-22-46(34-36)68-16)41(6)53(63)39(4)29-31-51(72-56(65)44(9)58(11)12)43(8)55(70-45(10)61)40(5)32-33-60/h21-22,27,36,38-44,46-51,53-55,60,63-64H,18-20,23-26,28-35H2,1-17H3/b22-21+,37-27+/t36-,38-,39+,40-,41-,42-,43+,44?,46+,47?,48+,49+,50-,51-,53+,54-,55-/m1/s1. The normalized spacial score (nSPS) is 28.8. The van der Waals surface area contributed by atoms with Gasteiger partial charge in [-0.25, -0.2) is 0 Å². The molecule has 0 radical (unpaired) electrons. The number of allylic oxidation sites excluding steroid dienone is 1. The maximum absolute atomic E-state index is 13.7. The van der Waals surface area contributed by atoms with Crippen molar-refractivity contribution < 1.29 is 67.7 Å². The highest BCUT2D eigenvalue weighted by atomic mass is 16.6. The second kappa shape index (κ2) is 36.1. The van der Waals surface area contributed by atoms with Gasteiger partial charge in [-0.1, -0.05) is 73.1 Å². The van der Waals surface area contributed by atoms with E-state index in [4.69, 9.17) is 33.2 Å². The third-order valence-corrected chi connectivity index (χ3v) is 15.6. The molecule has 1 aliphatic heterocycles. The molecule has 1 rings (SSSR count). The largest absolute Gasteiger partial charge is 0.462 e. The van der Waals surface area contributed by atoms with E-state index in [0.717, 1.165) is 24.8 Å². The van der Waals surface area contributed by atoms with Crippen molar-refractivity contribution in [1.29, 1.82) is 0 Å².